The number of esters is 1. The molecule has 3 aliphatic heterocycles. The van der Waals surface area contributed by atoms with Crippen LogP contribution in [0.25, 0.3) is 0 Å². The van der Waals surface area contributed by atoms with Crippen molar-refractivity contribution < 1.29 is 19.0 Å². The van der Waals surface area contributed by atoms with E-state index < -0.39 is 23.8 Å². The van der Waals surface area contributed by atoms with Gasteiger partial charge in [0, 0.05) is 20.1 Å². The van der Waals surface area contributed by atoms with Gasteiger partial charge in [0.25, 0.3) is 5.56 Å². The molecule has 170 valence electrons. The van der Waals surface area contributed by atoms with E-state index in [9.17, 15) is 14.4 Å². The van der Waals surface area contributed by atoms with Gasteiger partial charge in [-0.05, 0) is 18.6 Å². The van der Waals surface area contributed by atoms with Gasteiger partial charge >= 0.3 is 11.7 Å². The Kier molecular flexibility index (Phi) is 4.96. The third-order valence-electron chi connectivity index (χ3n) is 6.73. The first-order chi connectivity index (χ1) is 15.5. The van der Waals surface area contributed by atoms with Gasteiger partial charge in [0.05, 0.1) is 56.3 Å². The lowest BCUT2D eigenvalue weighted by Crippen LogP contribution is -2.60. The van der Waals surface area contributed by atoms with Crippen LogP contribution in [0.15, 0.2) is 33.9 Å². The van der Waals surface area contributed by atoms with E-state index in [1.54, 1.807) is 19.2 Å². The predicted molar refractivity (Wildman–Crippen MR) is 116 cm³/mol. The summed E-state index contributed by atoms with van der Waals surface area (Å²) in [4.78, 5) is 40.9. The van der Waals surface area contributed by atoms with Gasteiger partial charge in [0.2, 0.25) is 0 Å². The number of para-hydroxylation sites is 2. The number of aromatic nitrogens is 2. The number of nitrogens with zero attached hydrogens (tertiary/aromatic N) is 4. The monoisotopic (exact) mass is 442 g/mol. The molecule has 0 spiro atoms. The number of ether oxygens (including phenoxy) is 3. The van der Waals surface area contributed by atoms with Crippen LogP contribution in [-0.4, -0.2) is 55.6 Å². The number of hydrogen-bond donors (Lipinski definition) is 0. The van der Waals surface area contributed by atoms with E-state index in [0.717, 1.165) is 11.4 Å². The van der Waals surface area contributed by atoms with Crippen molar-refractivity contribution in [3.05, 3.63) is 56.4 Å². The molecule has 5 rings (SSSR count). The molecule has 3 aliphatic rings. The smallest absolute Gasteiger partial charge is 0.350 e. The quantitative estimate of drug-likeness (QED) is 0.625. The minimum atomic E-state index is -0.620. The third kappa shape index (κ3) is 2.93. The molecule has 1 aromatic heterocycles. The standard InChI is InChI=1S/C22H26N4O6/c1-23-18-17(16-12-13(19(18)32-16)21(28)31-3)20(27)26(22(23)29)25-10-8-24(9-11-25)14-6-4-5-7-15(14)30-2/h4-7,13,16,19H,8-12H2,1-3H3/t13-,16-,19+/m1/s1. The van der Waals surface area contributed by atoms with Crippen molar-refractivity contribution in [1.29, 1.82) is 0 Å². The molecule has 0 N–H and O–H groups in total. The van der Waals surface area contributed by atoms with Crippen molar-refractivity contribution in [3.63, 3.8) is 0 Å². The number of methoxy groups -OCH3 is 2. The molecule has 0 aliphatic carbocycles. The first kappa shape index (κ1) is 20.6. The van der Waals surface area contributed by atoms with Crippen LogP contribution >= 0.6 is 0 Å². The molecule has 0 amide bonds. The Morgan fingerprint density at radius 1 is 1.09 bits per heavy atom. The summed E-state index contributed by atoms with van der Waals surface area (Å²) in [7, 11) is 4.60. The average Bonchev–Trinajstić information content (AvgIpc) is 3.42. The molecular weight excluding hydrogens is 416 g/mol. The SMILES string of the molecule is COC(=O)[C@@H]1C[C@H]2O[C@@H]1c1c2c(=O)n(N2CCN(c3ccccc3OC)CC2)c(=O)n1C. The Bertz CT molecular complexity index is 1180. The second kappa shape index (κ2) is 7.70. The van der Waals surface area contributed by atoms with Crippen molar-refractivity contribution in [1.82, 2.24) is 9.24 Å². The van der Waals surface area contributed by atoms with E-state index >= 15 is 0 Å². The van der Waals surface area contributed by atoms with E-state index in [-0.39, 0.29) is 11.5 Å². The second-order valence-electron chi connectivity index (χ2n) is 8.28. The molecule has 2 saturated heterocycles. The van der Waals surface area contributed by atoms with Crippen molar-refractivity contribution >= 4 is 11.7 Å². The van der Waals surface area contributed by atoms with E-state index in [2.05, 4.69) is 4.90 Å². The van der Waals surface area contributed by atoms with Gasteiger partial charge in [-0.25, -0.2) is 4.79 Å². The number of hydrogen-bond acceptors (Lipinski definition) is 8. The molecule has 0 unspecified atom stereocenters. The van der Waals surface area contributed by atoms with Crippen molar-refractivity contribution in [2.75, 3.05) is 50.3 Å². The van der Waals surface area contributed by atoms with E-state index in [1.807, 2.05) is 24.3 Å². The number of piperazine rings is 1. The summed E-state index contributed by atoms with van der Waals surface area (Å²) in [5.41, 5.74) is 1.17. The highest BCUT2D eigenvalue weighted by atomic mass is 16.5. The molecule has 0 radical (unpaired) electrons. The first-order valence-corrected chi connectivity index (χ1v) is 10.7. The Morgan fingerprint density at radius 3 is 2.50 bits per heavy atom. The van der Waals surface area contributed by atoms with Gasteiger partial charge in [-0.1, -0.05) is 12.1 Å². The summed E-state index contributed by atoms with van der Waals surface area (Å²) in [5, 5.41) is 1.79. The number of fused-ring (bicyclic) bond motifs is 5. The summed E-state index contributed by atoms with van der Waals surface area (Å²) >= 11 is 0. The topological polar surface area (TPSA) is 95.2 Å². The molecule has 3 atom stereocenters. The Hall–Kier alpha value is -3.27. The highest BCUT2D eigenvalue weighted by Gasteiger charge is 2.52. The Balaban J connectivity index is 1.44. The molecule has 10 heteroatoms. The fraction of sp³-hybridized carbons (Fsp3) is 0.500. The fourth-order valence-electron chi connectivity index (χ4n) is 5.15. The van der Waals surface area contributed by atoms with Gasteiger partial charge in [0.15, 0.2) is 0 Å². The number of carbonyl (C=O) groups excluding carboxylic acids is 1. The lowest BCUT2D eigenvalue weighted by atomic mass is 9.87. The highest BCUT2D eigenvalue weighted by molar-refractivity contribution is 5.74. The van der Waals surface area contributed by atoms with Gasteiger partial charge in [-0.2, -0.15) is 4.68 Å². The predicted octanol–water partition coefficient (Wildman–Crippen LogP) is 0.319. The van der Waals surface area contributed by atoms with Crippen LogP contribution < -0.4 is 25.9 Å². The normalized spacial score (nSPS) is 23.9. The lowest BCUT2D eigenvalue weighted by molar-refractivity contribution is -0.147. The maximum atomic E-state index is 13.4. The van der Waals surface area contributed by atoms with Crippen LogP contribution in [0.5, 0.6) is 5.75 Å². The van der Waals surface area contributed by atoms with Crippen LogP contribution in [0, 0.1) is 5.92 Å². The summed E-state index contributed by atoms with van der Waals surface area (Å²) in [5.74, 6) is -0.0881. The minimum absolute atomic E-state index is 0.357. The van der Waals surface area contributed by atoms with Crippen LogP contribution in [0.1, 0.15) is 29.9 Å². The summed E-state index contributed by atoms with van der Waals surface area (Å²) in [6, 6.07) is 7.80. The molecule has 32 heavy (non-hydrogen) atoms. The maximum Gasteiger partial charge on any atom is 0.350 e. The summed E-state index contributed by atoms with van der Waals surface area (Å²) in [6.07, 6.45) is -0.733. The summed E-state index contributed by atoms with van der Waals surface area (Å²) in [6.45, 7) is 2.29. The molecule has 10 nitrogen and oxygen atoms in total. The fourth-order valence-corrected chi connectivity index (χ4v) is 5.15. The van der Waals surface area contributed by atoms with Gasteiger partial charge in [0.1, 0.15) is 11.9 Å². The number of benzene rings is 1. The lowest BCUT2D eigenvalue weighted by Gasteiger charge is -2.38. The number of rotatable bonds is 4. The largest absolute Gasteiger partial charge is 0.495 e. The van der Waals surface area contributed by atoms with E-state index in [0.29, 0.717) is 43.9 Å². The number of carbonyl (C=O) groups is 1. The zero-order valence-corrected chi connectivity index (χ0v) is 18.3. The maximum absolute atomic E-state index is 13.4. The van der Waals surface area contributed by atoms with E-state index in [4.69, 9.17) is 14.2 Å². The van der Waals surface area contributed by atoms with Crippen LogP contribution in [0.3, 0.4) is 0 Å². The minimum Gasteiger partial charge on any atom is -0.495 e. The van der Waals surface area contributed by atoms with Crippen molar-refractivity contribution in [2.45, 2.75) is 18.6 Å². The second-order valence-corrected chi connectivity index (χ2v) is 8.28. The third-order valence-corrected chi connectivity index (χ3v) is 6.73. The van der Waals surface area contributed by atoms with Crippen molar-refractivity contribution in [3.8, 4) is 5.75 Å². The molecule has 4 heterocycles. The van der Waals surface area contributed by atoms with Crippen LogP contribution in [0.4, 0.5) is 5.69 Å². The van der Waals surface area contributed by atoms with Gasteiger partial charge < -0.3 is 24.1 Å². The molecule has 2 bridgehead atoms. The van der Waals surface area contributed by atoms with Crippen molar-refractivity contribution in [2.24, 2.45) is 13.0 Å². The molecule has 2 fully saturated rings. The van der Waals surface area contributed by atoms with Gasteiger partial charge in [-0.15, -0.1) is 0 Å². The van der Waals surface area contributed by atoms with E-state index in [1.165, 1.54) is 16.4 Å². The average molecular weight is 442 g/mol. The molecule has 2 aromatic rings. The molecule has 1 aromatic carbocycles. The highest BCUT2D eigenvalue weighted by Crippen LogP contribution is 2.52. The van der Waals surface area contributed by atoms with Crippen LogP contribution in [-0.2, 0) is 21.3 Å². The zero-order chi connectivity index (χ0) is 22.6. The first-order valence-electron chi connectivity index (χ1n) is 10.7. The molecule has 0 saturated carbocycles. The Morgan fingerprint density at radius 2 is 1.81 bits per heavy atom. The zero-order valence-electron chi connectivity index (χ0n) is 18.3. The summed E-state index contributed by atoms with van der Waals surface area (Å²) < 4.78 is 18.9. The number of anilines is 1. The molecular formula is C22H26N4O6. The van der Waals surface area contributed by atoms with Crippen LogP contribution in [0.2, 0.25) is 0 Å². The van der Waals surface area contributed by atoms with Gasteiger partial charge in [-0.3, -0.25) is 14.2 Å². The Labute approximate surface area is 184 Å².